The molecule has 2 N–H and O–H groups in total. The number of hydrogen-bond acceptors (Lipinski definition) is 4. The van der Waals surface area contributed by atoms with E-state index in [1.165, 1.54) is 0 Å². The fourth-order valence-electron chi connectivity index (χ4n) is 1.66. The Hall–Kier alpha value is -1.44. The van der Waals surface area contributed by atoms with E-state index in [2.05, 4.69) is 31.0 Å². The molecule has 0 bridgehead atoms. The Kier molecular flexibility index (Phi) is 5.33. The molecule has 1 aromatic heterocycles. The van der Waals surface area contributed by atoms with Crippen molar-refractivity contribution in [2.75, 3.05) is 18.4 Å². The smallest absolute Gasteiger partial charge is 0.240 e. The minimum absolute atomic E-state index is 0.273. The van der Waals surface area contributed by atoms with Gasteiger partial charge < -0.3 is 5.32 Å². The first-order chi connectivity index (χ1) is 9.97. The van der Waals surface area contributed by atoms with Gasteiger partial charge in [-0.1, -0.05) is 17.7 Å². The molecular weight excluding hydrogens is 354 g/mol. The number of rotatable bonds is 6. The molecule has 0 saturated heterocycles. The first-order valence-corrected chi connectivity index (χ1v) is 8.67. The van der Waals surface area contributed by atoms with Crippen LogP contribution in [0.2, 0.25) is 0 Å². The number of anilines is 1. The zero-order chi connectivity index (χ0) is 15.3. The second kappa shape index (κ2) is 7.02. The summed E-state index contributed by atoms with van der Waals surface area (Å²) < 4.78 is 27.5. The molecule has 1 heterocycles. The van der Waals surface area contributed by atoms with Gasteiger partial charge in [0.15, 0.2) is 0 Å². The summed E-state index contributed by atoms with van der Waals surface area (Å²) in [5, 5.41) is 3.05. The van der Waals surface area contributed by atoms with Gasteiger partial charge in [-0.2, -0.15) is 0 Å². The van der Waals surface area contributed by atoms with E-state index >= 15 is 0 Å². The zero-order valence-corrected chi connectivity index (χ0v) is 13.9. The average molecular weight is 370 g/mol. The summed E-state index contributed by atoms with van der Waals surface area (Å²) in [4.78, 5) is 4.42. The quantitative estimate of drug-likeness (QED) is 0.767. The molecule has 0 aliphatic rings. The van der Waals surface area contributed by atoms with E-state index in [-0.39, 0.29) is 11.4 Å². The Balaban J connectivity index is 1.85. The predicted molar refractivity (Wildman–Crippen MR) is 86.8 cm³/mol. The number of nitrogens with one attached hydrogen (secondary N) is 2. The fraction of sp³-hybridized carbons (Fsp3) is 0.214. The van der Waals surface area contributed by atoms with E-state index in [0.29, 0.717) is 12.4 Å². The third-order valence-corrected chi connectivity index (χ3v) is 4.73. The summed E-state index contributed by atoms with van der Waals surface area (Å²) in [6.07, 6.45) is 1.68. The van der Waals surface area contributed by atoms with Crippen LogP contribution in [0.1, 0.15) is 5.56 Å². The lowest BCUT2D eigenvalue weighted by molar-refractivity contribution is 0.583. The molecule has 0 atom stereocenters. The molecule has 0 spiro atoms. The van der Waals surface area contributed by atoms with Crippen LogP contribution in [-0.2, 0) is 10.0 Å². The molecular formula is C14H16BrN3O2S. The lowest BCUT2D eigenvalue weighted by atomic mass is 10.2. The molecule has 0 aliphatic heterocycles. The number of benzene rings is 1. The number of pyridine rings is 1. The Morgan fingerprint density at radius 3 is 2.43 bits per heavy atom. The van der Waals surface area contributed by atoms with Crippen LogP contribution in [-0.4, -0.2) is 26.5 Å². The van der Waals surface area contributed by atoms with Gasteiger partial charge in [0.1, 0.15) is 5.82 Å². The molecule has 5 nitrogen and oxygen atoms in total. The lowest BCUT2D eigenvalue weighted by Gasteiger charge is -2.08. The molecule has 0 saturated carbocycles. The molecule has 0 amide bonds. The van der Waals surface area contributed by atoms with Crippen molar-refractivity contribution in [3.8, 4) is 0 Å². The molecule has 1 aromatic carbocycles. The third-order valence-electron chi connectivity index (χ3n) is 2.78. The Bertz CT molecular complexity index is 685. The summed E-state index contributed by atoms with van der Waals surface area (Å²) in [5.41, 5.74) is 1.02. The molecule has 21 heavy (non-hydrogen) atoms. The van der Waals surface area contributed by atoms with Crippen LogP contribution in [0.4, 0.5) is 5.82 Å². The van der Waals surface area contributed by atoms with Gasteiger partial charge in [-0.25, -0.2) is 18.1 Å². The van der Waals surface area contributed by atoms with Gasteiger partial charge >= 0.3 is 0 Å². The highest BCUT2D eigenvalue weighted by Gasteiger charge is 2.12. The van der Waals surface area contributed by atoms with E-state index in [9.17, 15) is 8.42 Å². The van der Waals surface area contributed by atoms with Crippen LogP contribution in [0, 0.1) is 6.92 Å². The molecule has 112 valence electrons. The van der Waals surface area contributed by atoms with Crippen molar-refractivity contribution >= 4 is 31.8 Å². The Morgan fingerprint density at radius 2 is 1.81 bits per heavy atom. The topological polar surface area (TPSA) is 71.1 Å². The Morgan fingerprint density at radius 1 is 1.10 bits per heavy atom. The van der Waals surface area contributed by atoms with E-state index in [1.807, 2.05) is 19.1 Å². The summed E-state index contributed by atoms with van der Waals surface area (Å²) in [6.45, 7) is 2.66. The van der Waals surface area contributed by atoms with E-state index in [0.717, 1.165) is 10.0 Å². The fourth-order valence-corrected chi connectivity index (χ4v) is 2.92. The monoisotopic (exact) mass is 369 g/mol. The zero-order valence-electron chi connectivity index (χ0n) is 11.5. The van der Waals surface area contributed by atoms with Crippen molar-refractivity contribution in [2.24, 2.45) is 0 Å². The van der Waals surface area contributed by atoms with Crippen molar-refractivity contribution in [1.29, 1.82) is 0 Å². The number of nitrogens with zero attached hydrogens (tertiary/aromatic N) is 1. The summed E-state index contributed by atoms with van der Waals surface area (Å²) in [5.74, 6) is 0.702. The molecule has 2 aromatic rings. The molecule has 7 heteroatoms. The first kappa shape index (κ1) is 15.9. The highest BCUT2D eigenvalue weighted by Crippen LogP contribution is 2.11. The van der Waals surface area contributed by atoms with Gasteiger partial charge in [-0.3, -0.25) is 0 Å². The van der Waals surface area contributed by atoms with Gasteiger partial charge in [0, 0.05) is 23.8 Å². The molecule has 2 rings (SSSR count). The number of sulfonamides is 1. The second-order valence-corrected chi connectivity index (χ2v) is 7.18. The molecule has 0 fully saturated rings. The van der Waals surface area contributed by atoms with Crippen molar-refractivity contribution in [1.82, 2.24) is 9.71 Å². The molecule has 0 unspecified atom stereocenters. The minimum Gasteiger partial charge on any atom is -0.369 e. The summed E-state index contributed by atoms with van der Waals surface area (Å²) in [7, 11) is -3.46. The molecule has 0 aliphatic carbocycles. The average Bonchev–Trinajstić information content (AvgIpc) is 2.46. The van der Waals surface area contributed by atoms with Crippen molar-refractivity contribution in [2.45, 2.75) is 11.8 Å². The van der Waals surface area contributed by atoms with Gasteiger partial charge in [0.2, 0.25) is 10.0 Å². The normalized spacial score (nSPS) is 11.3. The first-order valence-electron chi connectivity index (χ1n) is 6.39. The van der Waals surface area contributed by atoms with Gasteiger partial charge in [0.25, 0.3) is 0 Å². The summed E-state index contributed by atoms with van der Waals surface area (Å²) >= 11 is 3.30. The number of aromatic nitrogens is 1. The SMILES string of the molecule is Cc1ccc(S(=O)(=O)NCCNc2ccc(Br)cn2)cc1. The predicted octanol–water partition coefficient (Wildman–Crippen LogP) is 2.54. The van der Waals surface area contributed by atoms with Gasteiger partial charge in [-0.15, -0.1) is 0 Å². The molecule has 0 radical (unpaired) electrons. The van der Waals surface area contributed by atoms with Crippen LogP contribution in [0.25, 0.3) is 0 Å². The minimum atomic E-state index is -3.46. The highest BCUT2D eigenvalue weighted by atomic mass is 79.9. The Labute approximate surface area is 133 Å². The van der Waals surface area contributed by atoms with Crippen molar-refractivity contribution in [3.05, 3.63) is 52.6 Å². The van der Waals surface area contributed by atoms with E-state index in [4.69, 9.17) is 0 Å². The lowest BCUT2D eigenvalue weighted by Crippen LogP contribution is -2.29. The number of aryl methyl sites for hydroxylation is 1. The van der Waals surface area contributed by atoms with Crippen LogP contribution < -0.4 is 10.0 Å². The third kappa shape index (κ3) is 4.80. The van der Waals surface area contributed by atoms with Crippen LogP contribution in [0.5, 0.6) is 0 Å². The van der Waals surface area contributed by atoms with E-state index < -0.39 is 10.0 Å². The number of halogens is 1. The van der Waals surface area contributed by atoms with Crippen LogP contribution in [0.3, 0.4) is 0 Å². The standard InChI is InChI=1S/C14H16BrN3O2S/c1-11-2-5-13(6-3-11)21(19,20)18-9-8-16-14-7-4-12(15)10-17-14/h2-7,10,18H,8-9H2,1H3,(H,16,17). The largest absolute Gasteiger partial charge is 0.369 e. The maximum Gasteiger partial charge on any atom is 0.240 e. The van der Waals surface area contributed by atoms with Gasteiger partial charge in [-0.05, 0) is 47.1 Å². The van der Waals surface area contributed by atoms with Crippen LogP contribution in [0.15, 0.2) is 52.0 Å². The van der Waals surface area contributed by atoms with Crippen molar-refractivity contribution in [3.63, 3.8) is 0 Å². The van der Waals surface area contributed by atoms with Crippen LogP contribution >= 0.6 is 15.9 Å². The van der Waals surface area contributed by atoms with Gasteiger partial charge in [0.05, 0.1) is 4.90 Å². The number of hydrogen-bond donors (Lipinski definition) is 2. The van der Waals surface area contributed by atoms with E-state index in [1.54, 1.807) is 30.5 Å². The van der Waals surface area contributed by atoms with Crippen molar-refractivity contribution < 1.29 is 8.42 Å². The highest BCUT2D eigenvalue weighted by molar-refractivity contribution is 9.10. The second-order valence-electron chi connectivity index (χ2n) is 4.50. The maximum atomic E-state index is 12.0. The summed E-state index contributed by atoms with van der Waals surface area (Å²) in [6, 6.07) is 10.4. The maximum absolute atomic E-state index is 12.0.